The largest absolute Gasteiger partial charge is 0.464 e. The van der Waals surface area contributed by atoms with Gasteiger partial charge in [-0.25, -0.2) is 9.59 Å². The number of hydrogen-bond acceptors (Lipinski definition) is 5. The fourth-order valence-corrected chi connectivity index (χ4v) is 1.87. The van der Waals surface area contributed by atoms with Crippen LogP contribution in [-0.2, 0) is 14.3 Å². The standard InChI is InChI=1S/C12H17Cl3N2O4/c1-2-20-10(18)9(5-8-3-4-16-6-8)17-11(19)21-7-12(13,14)15/h3,9,16H,2,4-7H2,1H3,(H,17,19). The number of nitrogens with one attached hydrogen (secondary N) is 2. The highest BCUT2D eigenvalue weighted by Gasteiger charge is 2.27. The number of hydrogen-bond donors (Lipinski definition) is 2. The Balaban J connectivity index is 2.55. The van der Waals surface area contributed by atoms with Gasteiger partial charge in [-0.05, 0) is 6.92 Å². The topological polar surface area (TPSA) is 76.7 Å². The first-order valence-corrected chi connectivity index (χ1v) is 7.50. The molecule has 1 heterocycles. The molecule has 21 heavy (non-hydrogen) atoms. The summed E-state index contributed by atoms with van der Waals surface area (Å²) in [5, 5.41) is 5.53. The van der Waals surface area contributed by atoms with Crippen LogP contribution in [0.5, 0.6) is 0 Å². The highest BCUT2D eigenvalue weighted by atomic mass is 35.6. The van der Waals surface area contributed by atoms with E-state index in [0.29, 0.717) is 13.0 Å². The van der Waals surface area contributed by atoms with Crippen LogP contribution in [0.3, 0.4) is 0 Å². The highest BCUT2D eigenvalue weighted by Crippen LogP contribution is 2.25. The number of alkyl carbamates (subject to hydrolysis) is 1. The van der Waals surface area contributed by atoms with Crippen molar-refractivity contribution in [3.05, 3.63) is 11.6 Å². The third-order valence-corrected chi connectivity index (χ3v) is 2.91. The van der Waals surface area contributed by atoms with E-state index in [-0.39, 0.29) is 6.61 Å². The van der Waals surface area contributed by atoms with Gasteiger partial charge in [0.1, 0.15) is 12.6 Å². The first-order valence-electron chi connectivity index (χ1n) is 6.37. The first kappa shape index (κ1) is 18.4. The van der Waals surface area contributed by atoms with Gasteiger partial charge in [0.25, 0.3) is 0 Å². The van der Waals surface area contributed by atoms with E-state index >= 15 is 0 Å². The Hall–Kier alpha value is -0.690. The monoisotopic (exact) mass is 358 g/mol. The van der Waals surface area contributed by atoms with Crippen LogP contribution < -0.4 is 10.6 Å². The quantitative estimate of drug-likeness (QED) is 0.430. The zero-order valence-corrected chi connectivity index (χ0v) is 13.7. The summed E-state index contributed by atoms with van der Waals surface area (Å²) in [4.78, 5) is 23.5. The van der Waals surface area contributed by atoms with Crippen LogP contribution in [0.4, 0.5) is 4.79 Å². The fourth-order valence-electron chi connectivity index (χ4n) is 1.71. The maximum atomic E-state index is 11.8. The summed E-state index contributed by atoms with van der Waals surface area (Å²) in [6.07, 6.45) is 1.46. The van der Waals surface area contributed by atoms with Gasteiger partial charge in [-0.2, -0.15) is 0 Å². The van der Waals surface area contributed by atoms with Gasteiger partial charge in [0.2, 0.25) is 3.79 Å². The van der Waals surface area contributed by atoms with Gasteiger partial charge in [0.15, 0.2) is 0 Å². The minimum absolute atomic E-state index is 0.220. The summed E-state index contributed by atoms with van der Waals surface area (Å²) in [5.74, 6) is -0.531. The van der Waals surface area contributed by atoms with Gasteiger partial charge in [0, 0.05) is 19.5 Å². The Morgan fingerprint density at radius 2 is 2.14 bits per heavy atom. The zero-order chi connectivity index (χ0) is 15.9. The summed E-state index contributed by atoms with van der Waals surface area (Å²) < 4.78 is 7.97. The third kappa shape index (κ3) is 7.76. The minimum Gasteiger partial charge on any atom is -0.464 e. The van der Waals surface area contributed by atoms with Crippen molar-refractivity contribution < 1.29 is 19.1 Å². The molecule has 0 bridgehead atoms. The molecule has 0 saturated carbocycles. The molecule has 0 radical (unpaired) electrons. The molecule has 2 N–H and O–H groups in total. The van der Waals surface area contributed by atoms with E-state index in [2.05, 4.69) is 10.6 Å². The molecular weight excluding hydrogens is 343 g/mol. The van der Waals surface area contributed by atoms with Gasteiger partial charge >= 0.3 is 12.1 Å². The molecule has 1 unspecified atom stereocenters. The maximum absolute atomic E-state index is 11.8. The average molecular weight is 360 g/mol. The van der Waals surface area contributed by atoms with Crippen molar-refractivity contribution in [3.63, 3.8) is 0 Å². The molecule has 0 aromatic heterocycles. The van der Waals surface area contributed by atoms with Crippen molar-refractivity contribution in [2.45, 2.75) is 23.2 Å². The normalized spacial score (nSPS) is 16.1. The Kier molecular flexibility index (Phi) is 7.59. The molecule has 1 aliphatic heterocycles. The van der Waals surface area contributed by atoms with Gasteiger partial charge < -0.3 is 20.1 Å². The molecule has 0 aliphatic carbocycles. The van der Waals surface area contributed by atoms with Crippen LogP contribution >= 0.6 is 34.8 Å². The number of rotatable bonds is 6. The fraction of sp³-hybridized carbons (Fsp3) is 0.667. The van der Waals surface area contributed by atoms with Crippen LogP contribution in [0.1, 0.15) is 13.3 Å². The number of ether oxygens (including phenoxy) is 2. The molecule has 9 heteroatoms. The van der Waals surface area contributed by atoms with Crippen molar-refractivity contribution in [2.75, 3.05) is 26.3 Å². The summed E-state index contributed by atoms with van der Waals surface area (Å²) in [6.45, 7) is 2.90. The predicted octanol–water partition coefficient (Wildman–Crippen LogP) is 1.93. The zero-order valence-electron chi connectivity index (χ0n) is 11.5. The van der Waals surface area contributed by atoms with Gasteiger partial charge in [-0.3, -0.25) is 0 Å². The molecule has 0 aromatic carbocycles. The van der Waals surface area contributed by atoms with Gasteiger partial charge in [-0.1, -0.05) is 46.5 Å². The van der Waals surface area contributed by atoms with Crippen LogP contribution in [-0.4, -0.2) is 48.2 Å². The Morgan fingerprint density at radius 3 is 2.67 bits per heavy atom. The molecule has 0 saturated heterocycles. The lowest BCUT2D eigenvalue weighted by atomic mass is 10.1. The number of carbonyl (C=O) groups excluding carboxylic acids is 2. The van der Waals surface area contributed by atoms with E-state index < -0.39 is 28.5 Å². The van der Waals surface area contributed by atoms with Crippen molar-refractivity contribution in [2.24, 2.45) is 0 Å². The van der Waals surface area contributed by atoms with Crippen molar-refractivity contribution >= 4 is 46.9 Å². The third-order valence-electron chi connectivity index (χ3n) is 2.58. The number of halogens is 3. The highest BCUT2D eigenvalue weighted by molar-refractivity contribution is 6.67. The molecule has 1 rings (SSSR count). The van der Waals surface area contributed by atoms with E-state index in [0.717, 1.165) is 12.1 Å². The smallest absolute Gasteiger partial charge is 0.408 e. The second kappa shape index (κ2) is 8.68. The molecule has 120 valence electrons. The van der Waals surface area contributed by atoms with Crippen molar-refractivity contribution in [1.29, 1.82) is 0 Å². The Labute approximate surface area is 138 Å². The average Bonchev–Trinajstić information content (AvgIpc) is 2.88. The lowest BCUT2D eigenvalue weighted by Crippen LogP contribution is -2.43. The van der Waals surface area contributed by atoms with Gasteiger partial charge in [-0.15, -0.1) is 0 Å². The van der Waals surface area contributed by atoms with Crippen LogP contribution in [0.2, 0.25) is 0 Å². The lowest BCUT2D eigenvalue weighted by Gasteiger charge is -2.18. The van der Waals surface area contributed by atoms with Crippen LogP contribution in [0.15, 0.2) is 11.6 Å². The molecule has 0 fully saturated rings. The summed E-state index contributed by atoms with van der Waals surface area (Å²) in [7, 11) is 0. The molecule has 0 spiro atoms. The van der Waals surface area contributed by atoms with Crippen molar-refractivity contribution in [3.8, 4) is 0 Å². The van der Waals surface area contributed by atoms with E-state index in [1.54, 1.807) is 6.92 Å². The van der Waals surface area contributed by atoms with E-state index in [9.17, 15) is 9.59 Å². The SMILES string of the molecule is CCOC(=O)C(CC1=CCNC1)NC(=O)OCC(Cl)(Cl)Cl. The Bertz CT molecular complexity index is 410. The van der Waals surface area contributed by atoms with Crippen LogP contribution in [0.25, 0.3) is 0 Å². The predicted molar refractivity (Wildman–Crippen MR) is 80.8 cm³/mol. The first-order chi connectivity index (χ1) is 9.81. The number of carbonyl (C=O) groups is 2. The summed E-state index contributed by atoms with van der Waals surface area (Å²) in [5.41, 5.74) is 1.01. The summed E-state index contributed by atoms with van der Waals surface area (Å²) >= 11 is 16.4. The number of amides is 1. The van der Waals surface area contributed by atoms with Gasteiger partial charge in [0.05, 0.1) is 6.61 Å². The van der Waals surface area contributed by atoms with E-state index in [1.165, 1.54) is 0 Å². The molecule has 1 atom stereocenters. The van der Waals surface area contributed by atoms with E-state index in [4.69, 9.17) is 44.3 Å². The second-order valence-electron chi connectivity index (χ2n) is 4.34. The van der Waals surface area contributed by atoms with E-state index in [1.807, 2.05) is 6.08 Å². The molecule has 0 aromatic rings. The minimum atomic E-state index is -1.70. The second-order valence-corrected chi connectivity index (χ2v) is 6.85. The maximum Gasteiger partial charge on any atom is 0.408 e. The lowest BCUT2D eigenvalue weighted by molar-refractivity contribution is -0.145. The van der Waals surface area contributed by atoms with Crippen molar-refractivity contribution in [1.82, 2.24) is 10.6 Å². The number of esters is 1. The molecule has 1 aliphatic rings. The molecule has 1 amide bonds. The molecule has 6 nitrogen and oxygen atoms in total. The Morgan fingerprint density at radius 1 is 1.43 bits per heavy atom. The van der Waals surface area contributed by atoms with Crippen LogP contribution in [0, 0.1) is 0 Å². The number of alkyl halides is 3. The summed E-state index contributed by atoms with van der Waals surface area (Å²) in [6, 6.07) is -0.834. The molecular formula is C12H17Cl3N2O4.